The number of pyridine rings is 1. The Hall–Kier alpha value is -1.29. The van der Waals surface area contributed by atoms with Gasteiger partial charge in [-0.2, -0.15) is 0 Å². The Morgan fingerprint density at radius 2 is 2.40 bits per heavy atom. The summed E-state index contributed by atoms with van der Waals surface area (Å²) in [6.07, 6.45) is 2.43. The maximum atomic E-state index is 11.7. The molecule has 15 heavy (non-hydrogen) atoms. The minimum atomic E-state index is -0.175. The molecule has 0 saturated heterocycles. The second-order valence-electron chi connectivity index (χ2n) is 3.89. The van der Waals surface area contributed by atoms with E-state index in [2.05, 4.69) is 17.2 Å². The Kier molecular flexibility index (Phi) is 2.52. The van der Waals surface area contributed by atoms with Gasteiger partial charge in [0, 0.05) is 6.04 Å². The summed E-state index contributed by atoms with van der Waals surface area (Å²) in [5, 5.41) is 3.16. The quantitative estimate of drug-likeness (QED) is 0.749. The van der Waals surface area contributed by atoms with Crippen LogP contribution in [-0.4, -0.2) is 16.9 Å². The molecule has 3 N–H and O–H groups in total. The third-order valence-electron chi connectivity index (χ3n) is 2.57. The van der Waals surface area contributed by atoms with Gasteiger partial charge in [0.1, 0.15) is 5.15 Å². The summed E-state index contributed by atoms with van der Waals surface area (Å²) >= 11 is 5.70. The zero-order valence-corrected chi connectivity index (χ0v) is 9.08. The topological polar surface area (TPSA) is 68.0 Å². The van der Waals surface area contributed by atoms with Crippen molar-refractivity contribution >= 4 is 23.2 Å². The van der Waals surface area contributed by atoms with Crippen molar-refractivity contribution in [3.63, 3.8) is 0 Å². The van der Waals surface area contributed by atoms with Gasteiger partial charge in [-0.3, -0.25) is 4.79 Å². The van der Waals surface area contributed by atoms with Gasteiger partial charge in [-0.15, -0.1) is 0 Å². The highest BCUT2D eigenvalue weighted by molar-refractivity contribution is 6.29. The molecule has 1 aromatic heterocycles. The molecule has 0 radical (unpaired) electrons. The van der Waals surface area contributed by atoms with Crippen LogP contribution in [0.1, 0.15) is 23.7 Å². The van der Waals surface area contributed by atoms with E-state index in [0.717, 1.165) is 6.42 Å². The molecule has 0 aromatic carbocycles. The molecule has 4 nitrogen and oxygen atoms in total. The molecule has 1 heterocycles. The maximum absolute atomic E-state index is 11.7. The second-order valence-corrected chi connectivity index (χ2v) is 4.27. The van der Waals surface area contributed by atoms with E-state index in [0.29, 0.717) is 17.2 Å². The maximum Gasteiger partial charge on any atom is 0.253 e. The summed E-state index contributed by atoms with van der Waals surface area (Å²) in [6, 6.07) is 1.77. The fraction of sp³-hybridized carbons (Fsp3) is 0.400. The van der Waals surface area contributed by atoms with Crippen LogP contribution in [0.4, 0.5) is 5.69 Å². The molecule has 5 heteroatoms. The fourth-order valence-corrected chi connectivity index (χ4v) is 1.56. The molecule has 1 aliphatic rings. The fourth-order valence-electron chi connectivity index (χ4n) is 1.41. The van der Waals surface area contributed by atoms with Crippen LogP contribution < -0.4 is 11.1 Å². The van der Waals surface area contributed by atoms with E-state index in [1.807, 2.05) is 0 Å². The first-order valence-electron chi connectivity index (χ1n) is 4.80. The number of hydrogen-bond donors (Lipinski definition) is 2. The summed E-state index contributed by atoms with van der Waals surface area (Å²) in [4.78, 5) is 15.5. The lowest BCUT2D eigenvalue weighted by atomic mass is 10.2. The number of nitrogens with zero attached hydrogens (tertiary/aromatic N) is 1. The van der Waals surface area contributed by atoms with Gasteiger partial charge in [-0.25, -0.2) is 4.98 Å². The van der Waals surface area contributed by atoms with Gasteiger partial charge in [0.2, 0.25) is 0 Å². The second kappa shape index (κ2) is 3.70. The third kappa shape index (κ3) is 2.21. The predicted octanol–water partition coefficient (Wildman–Crippen LogP) is 1.46. The smallest absolute Gasteiger partial charge is 0.253 e. The molecule has 1 aliphatic carbocycles. The largest absolute Gasteiger partial charge is 0.397 e. The van der Waals surface area contributed by atoms with E-state index in [4.69, 9.17) is 17.3 Å². The van der Waals surface area contributed by atoms with Gasteiger partial charge in [-0.1, -0.05) is 18.5 Å². The van der Waals surface area contributed by atoms with Crippen molar-refractivity contribution in [2.24, 2.45) is 5.92 Å². The number of halogens is 1. The average Bonchev–Trinajstić information content (AvgIpc) is 2.86. The Balaban J connectivity index is 2.14. The van der Waals surface area contributed by atoms with E-state index in [1.165, 1.54) is 12.3 Å². The van der Waals surface area contributed by atoms with Gasteiger partial charge < -0.3 is 11.1 Å². The number of anilines is 1. The first kappa shape index (κ1) is 10.2. The van der Waals surface area contributed by atoms with Gasteiger partial charge in [0.25, 0.3) is 5.91 Å². The van der Waals surface area contributed by atoms with Crippen LogP contribution in [0.25, 0.3) is 0 Å². The van der Waals surface area contributed by atoms with Crippen molar-refractivity contribution in [3.05, 3.63) is 23.0 Å². The van der Waals surface area contributed by atoms with Crippen LogP contribution in [0.2, 0.25) is 5.15 Å². The predicted molar refractivity (Wildman–Crippen MR) is 58.7 cm³/mol. The molecule has 1 saturated carbocycles. The number of nitrogen functional groups attached to an aromatic ring is 1. The molecule has 2 atom stereocenters. The molecule has 2 unspecified atom stereocenters. The zero-order valence-electron chi connectivity index (χ0n) is 8.33. The SMILES string of the molecule is CC1CC1NC(=O)c1cc(Cl)ncc1N. The molecule has 2 rings (SSSR count). The zero-order chi connectivity index (χ0) is 11.0. The van der Waals surface area contributed by atoms with E-state index in [9.17, 15) is 4.79 Å². The number of carbonyl (C=O) groups excluding carboxylic acids is 1. The number of nitrogens with one attached hydrogen (secondary N) is 1. The van der Waals surface area contributed by atoms with Crippen LogP contribution in [0.3, 0.4) is 0 Å². The summed E-state index contributed by atoms with van der Waals surface area (Å²) in [6.45, 7) is 2.09. The Bertz CT molecular complexity index is 408. The standard InChI is InChI=1S/C10H12ClN3O/c1-5-2-8(5)14-10(15)6-3-9(11)13-4-7(6)12/h3-5,8H,2,12H2,1H3,(H,14,15). The lowest BCUT2D eigenvalue weighted by molar-refractivity contribution is 0.0950. The van der Waals surface area contributed by atoms with Crippen molar-refractivity contribution in [1.29, 1.82) is 0 Å². The number of rotatable bonds is 2. The number of carbonyl (C=O) groups is 1. The van der Waals surface area contributed by atoms with Crippen LogP contribution in [0, 0.1) is 5.92 Å². The Morgan fingerprint density at radius 3 is 3.00 bits per heavy atom. The molecule has 80 valence electrons. The monoisotopic (exact) mass is 225 g/mol. The molecule has 1 aromatic rings. The van der Waals surface area contributed by atoms with Crippen LogP contribution >= 0.6 is 11.6 Å². The Labute approximate surface area is 92.8 Å². The van der Waals surface area contributed by atoms with Crippen molar-refractivity contribution < 1.29 is 4.79 Å². The molecule has 1 amide bonds. The minimum absolute atomic E-state index is 0.175. The van der Waals surface area contributed by atoms with E-state index in [1.54, 1.807) is 0 Å². The first-order valence-corrected chi connectivity index (χ1v) is 5.17. The molecule has 1 fully saturated rings. The highest BCUT2D eigenvalue weighted by atomic mass is 35.5. The number of aromatic nitrogens is 1. The highest BCUT2D eigenvalue weighted by Crippen LogP contribution is 2.29. The van der Waals surface area contributed by atoms with Crippen LogP contribution in [-0.2, 0) is 0 Å². The van der Waals surface area contributed by atoms with Crippen molar-refractivity contribution in [1.82, 2.24) is 10.3 Å². The first-order chi connectivity index (χ1) is 7.08. The lowest BCUT2D eigenvalue weighted by Crippen LogP contribution is -2.27. The number of nitrogens with two attached hydrogens (primary N) is 1. The summed E-state index contributed by atoms with van der Waals surface area (Å²) < 4.78 is 0. The summed E-state index contributed by atoms with van der Waals surface area (Å²) in [7, 11) is 0. The number of amides is 1. The Morgan fingerprint density at radius 1 is 1.73 bits per heavy atom. The molecule has 0 bridgehead atoms. The van der Waals surface area contributed by atoms with Gasteiger partial charge in [0.05, 0.1) is 17.4 Å². The number of hydrogen-bond acceptors (Lipinski definition) is 3. The highest BCUT2D eigenvalue weighted by Gasteiger charge is 2.34. The summed E-state index contributed by atoms with van der Waals surface area (Å²) in [5.74, 6) is 0.388. The average molecular weight is 226 g/mol. The van der Waals surface area contributed by atoms with Crippen LogP contribution in [0.5, 0.6) is 0 Å². The minimum Gasteiger partial charge on any atom is -0.397 e. The summed E-state index contributed by atoms with van der Waals surface area (Å²) in [5.41, 5.74) is 6.39. The molecular weight excluding hydrogens is 214 g/mol. The molecule has 0 aliphatic heterocycles. The van der Waals surface area contributed by atoms with Crippen molar-refractivity contribution in [2.45, 2.75) is 19.4 Å². The van der Waals surface area contributed by atoms with Gasteiger partial charge in [-0.05, 0) is 18.4 Å². The third-order valence-corrected chi connectivity index (χ3v) is 2.78. The molecular formula is C10H12ClN3O. The van der Waals surface area contributed by atoms with Crippen molar-refractivity contribution in [3.8, 4) is 0 Å². The van der Waals surface area contributed by atoms with Gasteiger partial charge >= 0.3 is 0 Å². The van der Waals surface area contributed by atoms with E-state index < -0.39 is 0 Å². The van der Waals surface area contributed by atoms with Crippen molar-refractivity contribution in [2.75, 3.05) is 5.73 Å². The normalized spacial score (nSPS) is 23.6. The van der Waals surface area contributed by atoms with E-state index in [-0.39, 0.29) is 17.1 Å². The van der Waals surface area contributed by atoms with Crippen LogP contribution in [0.15, 0.2) is 12.3 Å². The molecule has 0 spiro atoms. The lowest BCUT2D eigenvalue weighted by Gasteiger charge is -2.06. The van der Waals surface area contributed by atoms with Gasteiger partial charge in [0.15, 0.2) is 0 Å². The van der Waals surface area contributed by atoms with E-state index >= 15 is 0 Å².